The van der Waals surface area contributed by atoms with Crippen LogP contribution in [-0.2, 0) is 11.2 Å². The first-order valence-corrected chi connectivity index (χ1v) is 6.53. The lowest BCUT2D eigenvalue weighted by Crippen LogP contribution is -2.23. The molecule has 0 radical (unpaired) electrons. The number of nitro groups is 1. The average molecular weight is 285 g/mol. The van der Waals surface area contributed by atoms with E-state index < -0.39 is 17.4 Å². The van der Waals surface area contributed by atoms with Crippen LogP contribution in [0.2, 0.25) is 0 Å². The molecule has 2 aromatic rings. The second-order valence-corrected chi connectivity index (χ2v) is 4.79. The van der Waals surface area contributed by atoms with Gasteiger partial charge in [-0.15, -0.1) is 0 Å². The zero-order valence-electron chi connectivity index (χ0n) is 11.3. The predicted molar refractivity (Wildman–Crippen MR) is 77.9 cm³/mol. The second kappa shape index (κ2) is 6.65. The maximum atomic E-state index is 12.4. The lowest BCUT2D eigenvalue weighted by molar-refractivity contribution is -0.481. The van der Waals surface area contributed by atoms with Gasteiger partial charge in [-0.25, -0.2) is 0 Å². The fourth-order valence-electron chi connectivity index (χ4n) is 2.17. The first-order chi connectivity index (χ1) is 10.1. The topological polar surface area (TPSA) is 80.4 Å². The molecule has 0 saturated carbocycles. The summed E-state index contributed by atoms with van der Waals surface area (Å²) in [5.74, 6) is -0.838. The highest BCUT2D eigenvalue weighted by Crippen LogP contribution is 2.20. The van der Waals surface area contributed by atoms with Crippen LogP contribution in [0.3, 0.4) is 0 Å². The highest BCUT2D eigenvalue weighted by atomic mass is 16.6. The molecule has 0 aliphatic heterocycles. The fraction of sp³-hybridized carbons (Fsp3) is 0.188. The summed E-state index contributed by atoms with van der Waals surface area (Å²) < 4.78 is 0. The lowest BCUT2D eigenvalue weighted by atomic mass is 9.91. The SMILES string of the molecule is O=C(Cc1ccc(O)cc1)C(C[N+](=O)[O-])c1ccccc1. The molecule has 0 spiro atoms. The molecule has 0 amide bonds. The van der Waals surface area contributed by atoms with Crippen LogP contribution in [0.25, 0.3) is 0 Å². The van der Waals surface area contributed by atoms with E-state index in [0.717, 1.165) is 5.56 Å². The van der Waals surface area contributed by atoms with E-state index in [0.29, 0.717) is 5.56 Å². The number of ketones is 1. The van der Waals surface area contributed by atoms with Crippen LogP contribution < -0.4 is 0 Å². The van der Waals surface area contributed by atoms with Gasteiger partial charge in [0.05, 0.1) is 0 Å². The second-order valence-electron chi connectivity index (χ2n) is 4.79. The molecule has 2 rings (SSSR count). The van der Waals surface area contributed by atoms with E-state index in [1.54, 1.807) is 42.5 Å². The summed E-state index contributed by atoms with van der Waals surface area (Å²) >= 11 is 0. The molecule has 5 heteroatoms. The minimum atomic E-state index is -0.755. The smallest absolute Gasteiger partial charge is 0.217 e. The molecular formula is C16H15NO4. The Morgan fingerprint density at radius 1 is 1.10 bits per heavy atom. The molecule has 5 nitrogen and oxygen atoms in total. The number of phenolic OH excluding ortho intramolecular Hbond substituents is 1. The predicted octanol–water partition coefficient (Wildman–Crippen LogP) is 2.56. The van der Waals surface area contributed by atoms with Crippen molar-refractivity contribution in [1.29, 1.82) is 0 Å². The molecule has 2 aromatic carbocycles. The third kappa shape index (κ3) is 4.14. The van der Waals surface area contributed by atoms with Crippen molar-refractivity contribution in [3.8, 4) is 5.75 Å². The molecular weight excluding hydrogens is 270 g/mol. The molecule has 0 aromatic heterocycles. The van der Waals surface area contributed by atoms with Crippen molar-refractivity contribution >= 4 is 5.78 Å². The Kier molecular flexibility index (Phi) is 4.66. The van der Waals surface area contributed by atoms with Gasteiger partial charge in [0.1, 0.15) is 11.7 Å². The Morgan fingerprint density at radius 2 is 1.71 bits per heavy atom. The van der Waals surface area contributed by atoms with E-state index in [-0.39, 0.29) is 18.0 Å². The van der Waals surface area contributed by atoms with Gasteiger partial charge < -0.3 is 5.11 Å². The number of benzene rings is 2. The van der Waals surface area contributed by atoms with E-state index >= 15 is 0 Å². The largest absolute Gasteiger partial charge is 0.508 e. The summed E-state index contributed by atoms with van der Waals surface area (Å²) in [7, 11) is 0. The molecule has 0 bridgehead atoms. The van der Waals surface area contributed by atoms with Crippen LogP contribution in [0.4, 0.5) is 0 Å². The minimum absolute atomic E-state index is 0.105. The van der Waals surface area contributed by atoms with Crippen molar-refractivity contribution in [2.45, 2.75) is 12.3 Å². The van der Waals surface area contributed by atoms with Gasteiger partial charge in [0.15, 0.2) is 5.78 Å². The lowest BCUT2D eigenvalue weighted by Gasteiger charge is -2.12. The Morgan fingerprint density at radius 3 is 2.29 bits per heavy atom. The Balaban J connectivity index is 2.18. The molecule has 1 unspecified atom stereocenters. The zero-order chi connectivity index (χ0) is 15.2. The van der Waals surface area contributed by atoms with E-state index in [1.807, 2.05) is 0 Å². The fourth-order valence-corrected chi connectivity index (χ4v) is 2.17. The number of hydrogen-bond acceptors (Lipinski definition) is 4. The average Bonchev–Trinajstić information content (AvgIpc) is 2.48. The number of rotatable bonds is 6. The number of carbonyl (C=O) groups excluding carboxylic acids is 1. The quantitative estimate of drug-likeness (QED) is 0.653. The third-order valence-corrected chi connectivity index (χ3v) is 3.24. The number of aromatic hydroxyl groups is 1. The molecule has 1 atom stereocenters. The number of hydrogen-bond donors (Lipinski definition) is 1. The molecule has 108 valence electrons. The van der Waals surface area contributed by atoms with Gasteiger partial charge in [-0.1, -0.05) is 42.5 Å². The zero-order valence-corrected chi connectivity index (χ0v) is 11.3. The van der Waals surface area contributed by atoms with E-state index in [1.165, 1.54) is 12.1 Å². The molecule has 0 aliphatic carbocycles. The van der Waals surface area contributed by atoms with Gasteiger partial charge in [-0.05, 0) is 23.3 Å². The number of carbonyl (C=O) groups is 1. The Bertz CT molecular complexity index is 622. The third-order valence-electron chi connectivity index (χ3n) is 3.24. The highest BCUT2D eigenvalue weighted by Gasteiger charge is 2.25. The van der Waals surface area contributed by atoms with E-state index in [2.05, 4.69) is 0 Å². The molecule has 21 heavy (non-hydrogen) atoms. The summed E-state index contributed by atoms with van der Waals surface area (Å²) in [6, 6.07) is 15.0. The summed E-state index contributed by atoms with van der Waals surface area (Å²) in [4.78, 5) is 22.7. The van der Waals surface area contributed by atoms with Crippen molar-refractivity contribution in [3.63, 3.8) is 0 Å². The first kappa shape index (κ1) is 14.7. The monoisotopic (exact) mass is 285 g/mol. The summed E-state index contributed by atoms with van der Waals surface area (Å²) in [6.45, 7) is -0.416. The van der Waals surface area contributed by atoms with Gasteiger partial charge >= 0.3 is 0 Å². The number of phenols is 1. The van der Waals surface area contributed by atoms with Crippen molar-refractivity contribution in [3.05, 3.63) is 75.8 Å². The van der Waals surface area contributed by atoms with Crippen LogP contribution in [0.15, 0.2) is 54.6 Å². The molecule has 0 saturated heterocycles. The van der Waals surface area contributed by atoms with Crippen LogP contribution in [0, 0.1) is 10.1 Å². The van der Waals surface area contributed by atoms with E-state index in [4.69, 9.17) is 0 Å². The molecule has 0 aliphatic rings. The Labute approximate surface area is 122 Å². The Hall–Kier alpha value is -2.69. The minimum Gasteiger partial charge on any atom is -0.508 e. The molecule has 0 heterocycles. The number of Topliss-reactive ketones (excluding diaryl/α,β-unsaturated/α-hetero) is 1. The molecule has 1 N–H and O–H groups in total. The highest BCUT2D eigenvalue weighted by molar-refractivity contribution is 5.87. The van der Waals surface area contributed by atoms with Crippen molar-refractivity contribution in [2.24, 2.45) is 0 Å². The summed E-state index contributed by atoms with van der Waals surface area (Å²) in [5, 5.41) is 20.0. The van der Waals surface area contributed by atoms with Crippen molar-refractivity contribution < 1.29 is 14.8 Å². The van der Waals surface area contributed by atoms with E-state index in [9.17, 15) is 20.0 Å². The van der Waals surface area contributed by atoms with Crippen LogP contribution in [0.1, 0.15) is 17.0 Å². The maximum Gasteiger partial charge on any atom is 0.217 e. The van der Waals surface area contributed by atoms with Crippen LogP contribution in [-0.4, -0.2) is 22.4 Å². The van der Waals surface area contributed by atoms with Crippen LogP contribution in [0.5, 0.6) is 5.75 Å². The normalized spacial score (nSPS) is 11.8. The first-order valence-electron chi connectivity index (χ1n) is 6.53. The van der Waals surface area contributed by atoms with Crippen LogP contribution >= 0.6 is 0 Å². The van der Waals surface area contributed by atoms with Gasteiger partial charge in [-0.3, -0.25) is 14.9 Å². The van der Waals surface area contributed by atoms with Crippen molar-refractivity contribution in [2.75, 3.05) is 6.54 Å². The molecule has 0 fully saturated rings. The maximum absolute atomic E-state index is 12.4. The van der Waals surface area contributed by atoms with Gasteiger partial charge in [0.25, 0.3) is 0 Å². The number of nitrogens with zero attached hydrogens (tertiary/aromatic N) is 1. The standard InChI is InChI=1S/C16H15NO4/c18-14-8-6-12(7-9-14)10-16(19)15(11-17(20)21)13-4-2-1-3-5-13/h1-9,15,18H,10-11H2. The van der Waals surface area contributed by atoms with Gasteiger partial charge in [0.2, 0.25) is 6.54 Å². The summed E-state index contributed by atoms with van der Waals surface area (Å²) in [6.07, 6.45) is 0.105. The van der Waals surface area contributed by atoms with Gasteiger partial charge in [-0.2, -0.15) is 0 Å². The van der Waals surface area contributed by atoms with Gasteiger partial charge in [0, 0.05) is 11.3 Å². The summed E-state index contributed by atoms with van der Waals surface area (Å²) in [5.41, 5.74) is 1.38. The van der Waals surface area contributed by atoms with Crippen molar-refractivity contribution in [1.82, 2.24) is 0 Å².